The van der Waals surface area contributed by atoms with Crippen LogP contribution in [0.5, 0.6) is 5.75 Å². The topological polar surface area (TPSA) is 79.8 Å². The van der Waals surface area contributed by atoms with Gasteiger partial charge in [0.2, 0.25) is 15.9 Å². The molecular weight excluding hydrogens is 423 g/mol. The molecule has 0 N–H and O–H groups in total. The van der Waals surface area contributed by atoms with Gasteiger partial charge in [0.1, 0.15) is 10.6 Å². The molecule has 0 unspecified atom stereocenters. The number of ether oxygens (including phenoxy) is 1. The van der Waals surface area contributed by atoms with Crippen LogP contribution >= 0.6 is 0 Å². The molecule has 0 atom stereocenters. The fourth-order valence-electron chi connectivity index (χ4n) is 2.90. The second kappa shape index (κ2) is 8.84. The van der Waals surface area contributed by atoms with Gasteiger partial charge in [-0.1, -0.05) is 18.2 Å². The molecule has 1 aliphatic rings. The summed E-state index contributed by atoms with van der Waals surface area (Å²) in [5.74, 6) is -0.850. The minimum Gasteiger partial charge on any atom is -0.405 e. The summed E-state index contributed by atoms with van der Waals surface area (Å²) in [6, 6.07) is 8.43. The predicted octanol–water partition coefficient (Wildman–Crippen LogP) is 2.53. The van der Waals surface area contributed by atoms with Crippen molar-refractivity contribution in [2.45, 2.75) is 11.3 Å². The third-order valence-electron chi connectivity index (χ3n) is 4.37. The molecule has 2 aromatic rings. The van der Waals surface area contributed by atoms with Gasteiger partial charge in [-0.05, 0) is 24.3 Å². The Morgan fingerprint density at radius 1 is 1.07 bits per heavy atom. The van der Waals surface area contributed by atoms with Gasteiger partial charge in [-0.25, -0.2) is 8.42 Å². The van der Waals surface area contributed by atoms with Crippen molar-refractivity contribution >= 4 is 22.0 Å². The normalized spacial score (nSPS) is 16.0. The number of pyridine rings is 1. The maximum Gasteiger partial charge on any atom is 0.573 e. The quantitative estimate of drug-likeness (QED) is 0.667. The Balaban J connectivity index is 1.63. The first-order valence-corrected chi connectivity index (χ1v) is 10.3. The molecular formula is C19H18F3N3O4S. The third kappa shape index (κ3) is 5.36. The Morgan fingerprint density at radius 3 is 2.40 bits per heavy atom. The fourth-order valence-corrected chi connectivity index (χ4v) is 4.29. The second-order valence-electron chi connectivity index (χ2n) is 6.34. The van der Waals surface area contributed by atoms with Crippen molar-refractivity contribution < 1.29 is 31.1 Å². The molecule has 1 fully saturated rings. The number of hydrogen-bond acceptors (Lipinski definition) is 5. The van der Waals surface area contributed by atoms with E-state index in [1.807, 2.05) is 0 Å². The van der Waals surface area contributed by atoms with Crippen LogP contribution in [0.4, 0.5) is 13.2 Å². The van der Waals surface area contributed by atoms with Crippen molar-refractivity contribution in [2.24, 2.45) is 0 Å². The van der Waals surface area contributed by atoms with Crippen molar-refractivity contribution in [3.63, 3.8) is 0 Å². The number of hydrogen-bond donors (Lipinski definition) is 0. The Bertz CT molecular complexity index is 1020. The molecule has 0 aliphatic carbocycles. The molecule has 3 rings (SSSR count). The van der Waals surface area contributed by atoms with E-state index in [4.69, 9.17) is 0 Å². The van der Waals surface area contributed by atoms with Crippen LogP contribution in [0, 0.1) is 0 Å². The molecule has 30 heavy (non-hydrogen) atoms. The van der Waals surface area contributed by atoms with E-state index in [1.54, 1.807) is 0 Å². The van der Waals surface area contributed by atoms with Crippen LogP contribution in [0.3, 0.4) is 0 Å². The van der Waals surface area contributed by atoms with Crippen molar-refractivity contribution in [1.29, 1.82) is 0 Å². The summed E-state index contributed by atoms with van der Waals surface area (Å²) < 4.78 is 67.9. The van der Waals surface area contributed by atoms with E-state index in [0.29, 0.717) is 0 Å². The molecule has 0 bridgehead atoms. The summed E-state index contributed by atoms with van der Waals surface area (Å²) in [7, 11) is -3.70. The summed E-state index contributed by atoms with van der Waals surface area (Å²) in [4.78, 5) is 17.7. The van der Waals surface area contributed by atoms with E-state index in [9.17, 15) is 26.4 Å². The van der Waals surface area contributed by atoms with E-state index >= 15 is 0 Å². The Labute approximate surface area is 171 Å². The first kappa shape index (κ1) is 21.8. The lowest BCUT2D eigenvalue weighted by atomic mass is 10.2. The molecule has 1 saturated heterocycles. The highest BCUT2D eigenvalue weighted by atomic mass is 32.2. The van der Waals surface area contributed by atoms with E-state index < -0.39 is 28.0 Å². The van der Waals surface area contributed by atoms with Crippen LogP contribution < -0.4 is 4.74 Å². The monoisotopic (exact) mass is 441 g/mol. The van der Waals surface area contributed by atoms with Gasteiger partial charge in [0.25, 0.3) is 0 Å². The number of amides is 1. The number of halogens is 3. The number of sulfonamides is 1. The van der Waals surface area contributed by atoms with Crippen LogP contribution in [0.25, 0.3) is 6.08 Å². The fraction of sp³-hybridized carbons (Fsp3) is 0.263. The number of aromatic nitrogens is 1. The number of piperazine rings is 1. The highest BCUT2D eigenvalue weighted by Gasteiger charge is 2.32. The lowest BCUT2D eigenvalue weighted by Gasteiger charge is -2.33. The first-order chi connectivity index (χ1) is 14.2. The van der Waals surface area contributed by atoms with E-state index in [2.05, 4.69) is 9.72 Å². The summed E-state index contributed by atoms with van der Waals surface area (Å²) in [5.41, 5.74) is 0.0981. The lowest BCUT2D eigenvalue weighted by Crippen LogP contribution is -2.50. The molecule has 1 aliphatic heterocycles. The molecule has 0 saturated carbocycles. The Morgan fingerprint density at radius 2 is 1.77 bits per heavy atom. The van der Waals surface area contributed by atoms with E-state index in [0.717, 1.165) is 12.1 Å². The SMILES string of the molecule is O=C(/C=C/c1ccccc1OC(F)(F)F)N1CCN(S(=O)(=O)c2cccnc2)CC1. The maximum atomic E-state index is 12.6. The molecule has 7 nitrogen and oxygen atoms in total. The molecule has 1 amide bonds. The van der Waals surface area contributed by atoms with Crippen LogP contribution in [0.1, 0.15) is 5.56 Å². The van der Waals surface area contributed by atoms with Gasteiger partial charge in [-0.3, -0.25) is 9.78 Å². The van der Waals surface area contributed by atoms with Crippen LogP contribution in [-0.4, -0.2) is 61.1 Å². The number of para-hydroxylation sites is 1. The number of rotatable bonds is 5. The van der Waals surface area contributed by atoms with Crippen LogP contribution in [-0.2, 0) is 14.8 Å². The van der Waals surface area contributed by atoms with Gasteiger partial charge in [-0.15, -0.1) is 13.2 Å². The highest BCUT2D eigenvalue weighted by molar-refractivity contribution is 7.89. The second-order valence-corrected chi connectivity index (χ2v) is 8.27. The largest absolute Gasteiger partial charge is 0.573 e. The van der Waals surface area contributed by atoms with Gasteiger partial charge < -0.3 is 9.64 Å². The van der Waals surface area contributed by atoms with Crippen molar-refractivity contribution in [3.8, 4) is 5.75 Å². The predicted molar refractivity (Wildman–Crippen MR) is 102 cm³/mol. The van der Waals surface area contributed by atoms with Crippen LogP contribution in [0.2, 0.25) is 0 Å². The summed E-state index contributed by atoms with van der Waals surface area (Å²) in [6.07, 6.45) is 0.270. The smallest absolute Gasteiger partial charge is 0.405 e. The molecule has 160 valence electrons. The van der Waals surface area contributed by atoms with Gasteiger partial charge in [0, 0.05) is 50.2 Å². The Hall–Kier alpha value is -2.92. The minimum atomic E-state index is -4.84. The molecule has 2 heterocycles. The molecule has 11 heteroatoms. The average molecular weight is 441 g/mol. The number of benzene rings is 1. The number of nitrogens with zero attached hydrogens (tertiary/aromatic N) is 3. The highest BCUT2D eigenvalue weighted by Crippen LogP contribution is 2.27. The van der Waals surface area contributed by atoms with Gasteiger partial charge in [0.15, 0.2) is 0 Å². The Kier molecular flexibility index (Phi) is 6.42. The van der Waals surface area contributed by atoms with Crippen molar-refractivity contribution in [1.82, 2.24) is 14.2 Å². The number of alkyl halides is 3. The van der Waals surface area contributed by atoms with Gasteiger partial charge >= 0.3 is 6.36 Å². The van der Waals surface area contributed by atoms with Crippen LogP contribution in [0.15, 0.2) is 59.8 Å². The molecule has 1 aromatic carbocycles. The standard InChI is InChI=1S/C19H18F3N3O4S/c20-19(21,22)29-17-6-2-1-4-15(17)7-8-18(26)24-10-12-25(13-11-24)30(27,28)16-5-3-9-23-14-16/h1-9,14H,10-13H2/b8-7+. The zero-order chi connectivity index (χ0) is 21.8. The first-order valence-electron chi connectivity index (χ1n) is 8.89. The molecule has 0 spiro atoms. The average Bonchev–Trinajstić information content (AvgIpc) is 2.72. The lowest BCUT2D eigenvalue weighted by molar-refractivity contribution is -0.274. The summed E-state index contributed by atoms with van der Waals surface area (Å²) >= 11 is 0. The molecule has 0 radical (unpaired) electrons. The number of carbonyl (C=O) groups excluding carboxylic acids is 1. The van der Waals surface area contributed by atoms with Gasteiger partial charge in [0.05, 0.1) is 0 Å². The zero-order valence-corrected chi connectivity index (χ0v) is 16.4. The minimum absolute atomic E-state index is 0.0749. The van der Waals surface area contributed by atoms with E-state index in [-0.39, 0.29) is 36.6 Å². The van der Waals surface area contributed by atoms with Gasteiger partial charge in [-0.2, -0.15) is 4.31 Å². The number of carbonyl (C=O) groups is 1. The van der Waals surface area contributed by atoms with E-state index in [1.165, 1.54) is 58.0 Å². The third-order valence-corrected chi connectivity index (χ3v) is 6.25. The molecule has 1 aromatic heterocycles. The van der Waals surface area contributed by atoms with Crippen molar-refractivity contribution in [2.75, 3.05) is 26.2 Å². The van der Waals surface area contributed by atoms with Crippen molar-refractivity contribution in [3.05, 3.63) is 60.4 Å². The summed E-state index contributed by atoms with van der Waals surface area (Å²) in [5, 5.41) is 0. The zero-order valence-electron chi connectivity index (χ0n) is 15.6. The maximum absolute atomic E-state index is 12.6. The summed E-state index contributed by atoms with van der Waals surface area (Å²) in [6.45, 7) is 0.516.